The highest BCUT2D eigenvalue weighted by Crippen LogP contribution is 2.39. The molecule has 7 nitrogen and oxygen atoms in total. The lowest BCUT2D eigenvalue weighted by atomic mass is 10.1. The van der Waals surface area contributed by atoms with Crippen LogP contribution in [0.3, 0.4) is 0 Å². The maximum absolute atomic E-state index is 12.3. The Kier molecular flexibility index (Phi) is 8.25. The van der Waals surface area contributed by atoms with E-state index in [1.54, 1.807) is 30.3 Å². The fourth-order valence-corrected chi connectivity index (χ4v) is 3.57. The van der Waals surface area contributed by atoms with Crippen molar-refractivity contribution >= 4 is 15.7 Å². The predicted octanol–water partition coefficient (Wildman–Crippen LogP) is 2.61. The van der Waals surface area contributed by atoms with E-state index in [-0.39, 0.29) is 23.9 Å². The highest BCUT2D eigenvalue weighted by atomic mass is 32.2. The second kappa shape index (κ2) is 10.4. The summed E-state index contributed by atoms with van der Waals surface area (Å²) >= 11 is 0. The lowest BCUT2D eigenvalue weighted by Crippen LogP contribution is -2.27. The van der Waals surface area contributed by atoms with Crippen molar-refractivity contribution in [1.29, 1.82) is 0 Å². The summed E-state index contributed by atoms with van der Waals surface area (Å²) in [5.74, 6) is 0.600. The van der Waals surface area contributed by atoms with Crippen LogP contribution in [0.2, 0.25) is 0 Å². The molecule has 0 aliphatic carbocycles. The summed E-state index contributed by atoms with van der Waals surface area (Å²) in [7, 11) is -4.10. The molecule has 0 aromatic heterocycles. The molecule has 28 heavy (non-hydrogen) atoms. The number of nitrogens with zero attached hydrogens (tertiary/aromatic N) is 1. The van der Waals surface area contributed by atoms with E-state index in [0.717, 1.165) is 12.8 Å². The summed E-state index contributed by atoms with van der Waals surface area (Å²) in [6.07, 6.45) is 2.35. The number of unbranched alkanes of at least 4 members (excludes halogenated alkanes) is 1. The smallest absolute Gasteiger partial charge is 0.241 e. The molecule has 0 fully saturated rings. The molecule has 0 spiro atoms. The number of hydrogen-bond donors (Lipinski definition) is 3. The quantitative estimate of drug-likeness (QED) is 0.527. The zero-order valence-electron chi connectivity index (χ0n) is 16.0. The molecule has 154 valence electrons. The largest absolute Gasteiger partial charge is 0.454 e. The molecule has 0 amide bonds. The van der Waals surface area contributed by atoms with Gasteiger partial charge in [0, 0.05) is 19.7 Å². The zero-order chi connectivity index (χ0) is 20.6. The van der Waals surface area contributed by atoms with Crippen LogP contribution in [0.1, 0.15) is 31.7 Å². The number of rotatable bonds is 11. The number of ether oxygens (including phenoxy) is 1. The molecule has 0 radical (unpaired) electrons. The van der Waals surface area contributed by atoms with E-state index >= 15 is 0 Å². The molecular weight excluding hydrogens is 380 g/mol. The minimum Gasteiger partial charge on any atom is -0.454 e. The first-order chi connectivity index (χ1) is 13.4. The van der Waals surface area contributed by atoms with E-state index in [1.165, 1.54) is 6.07 Å². The summed E-state index contributed by atoms with van der Waals surface area (Å²) in [6, 6.07) is 11.9. The zero-order valence-corrected chi connectivity index (χ0v) is 16.9. The van der Waals surface area contributed by atoms with E-state index in [2.05, 4.69) is 6.92 Å². The molecule has 0 saturated carbocycles. The van der Waals surface area contributed by atoms with Crippen LogP contribution in [0, 0.1) is 0 Å². The summed E-state index contributed by atoms with van der Waals surface area (Å²) in [5, 5.41) is 24.4. The Balaban J connectivity index is 2.64. The van der Waals surface area contributed by atoms with Gasteiger partial charge in [0.2, 0.25) is 10.0 Å². The third kappa shape index (κ3) is 5.93. The van der Waals surface area contributed by atoms with Crippen molar-refractivity contribution in [2.75, 3.05) is 24.6 Å². The van der Waals surface area contributed by atoms with Crippen molar-refractivity contribution in [2.24, 2.45) is 5.14 Å². The highest BCUT2D eigenvalue weighted by Gasteiger charge is 2.24. The number of aliphatic hydroxyl groups excluding tert-OH is 2. The first kappa shape index (κ1) is 22.2. The summed E-state index contributed by atoms with van der Waals surface area (Å²) in [5.41, 5.74) is 0.950. The normalized spacial score (nSPS) is 11.4. The number of primary sulfonamides is 1. The van der Waals surface area contributed by atoms with Gasteiger partial charge < -0.3 is 19.8 Å². The fourth-order valence-electron chi connectivity index (χ4n) is 2.85. The minimum absolute atomic E-state index is 0.0131. The molecule has 0 atom stereocenters. The second-order valence-corrected chi connectivity index (χ2v) is 8.01. The van der Waals surface area contributed by atoms with Gasteiger partial charge in [-0.25, -0.2) is 13.6 Å². The SMILES string of the molecule is CCCCN(CCCO)c1cc(CO)cc(S(N)(=O)=O)c1Oc1ccccc1. The Labute approximate surface area is 166 Å². The van der Waals surface area contributed by atoms with Crippen LogP contribution in [-0.2, 0) is 16.6 Å². The molecule has 2 rings (SSSR count). The Bertz CT molecular complexity index is 848. The molecule has 0 aliphatic rings. The van der Waals surface area contributed by atoms with Gasteiger partial charge in [-0.1, -0.05) is 31.5 Å². The number of benzene rings is 2. The van der Waals surface area contributed by atoms with Crippen molar-refractivity contribution in [1.82, 2.24) is 0 Å². The number of aliphatic hydroxyl groups is 2. The summed E-state index contributed by atoms with van der Waals surface area (Å²) in [6.45, 7) is 2.91. The molecule has 0 heterocycles. The van der Waals surface area contributed by atoms with Crippen LogP contribution in [-0.4, -0.2) is 38.3 Å². The number of anilines is 1. The molecule has 4 N–H and O–H groups in total. The van der Waals surface area contributed by atoms with Crippen molar-refractivity contribution in [3.05, 3.63) is 48.0 Å². The third-order valence-electron chi connectivity index (χ3n) is 4.26. The third-order valence-corrected chi connectivity index (χ3v) is 5.17. The summed E-state index contributed by atoms with van der Waals surface area (Å²) in [4.78, 5) is 1.79. The highest BCUT2D eigenvalue weighted by molar-refractivity contribution is 7.89. The number of hydrogen-bond acceptors (Lipinski definition) is 6. The second-order valence-electron chi connectivity index (χ2n) is 6.48. The molecule has 0 saturated heterocycles. The maximum Gasteiger partial charge on any atom is 0.241 e. The molecule has 0 bridgehead atoms. The standard InChI is InChI=1S/C20H28N2O5S/c1-2-3-10-22(11-7-12-23)18-13-16(15-24)14-19(28(21,25)26)20(18)27-17-8-5-4-6-9-17/h4-6,8-9,13-14,23-24H,2-3,7,10-12,15H2,1H3,(H2,21,25,26). The number of para-hydroxylation sites is 1. The van der Waals surface area contributed by atoms with Crippen LogP contribution in [0.25, 0.3) is 0 Å². The topological polar surface area (TPSA) is 113 Å². The van der Waals surface area contributed by atoms with E-state index < -0.39 is 10.0 Å². The monoisotopic (exact) mass is 408 g/mol. The van der Waals surface area contributed by atoms with Crippen LogP contribution < -0.4 is 14.8 Å². The van der Waals surface area contributed by atoms with Gasteiger partial charge in [-0.15, -0.1) is 0 Å². The van der Waals surface area contributed by atoms with Gasteiger partial charge in [-0.3, -0.25) is 0 Å². The van der Waals surface area contributed by atoms with Gasteiger partial charge >= 0.3 is 0 Å². The average molecular weight is 409 g/mol. The van der Waals surface area contributed by atoms with Gasteiger partial charge in [-0.2, -0.15) is 0 Å². The van der Waals surface area contributed by atoms with E-state index in [9.17, 15) is 18.6 Å². The first-order valence-electron chi connectivity index (χ1n) is 9.30. The Morgan fingerprint density at radius 2 is 1.75 bits per heavy atom. The lowest BCUT2D eigenvalue weighted by molar-refractivity contribution is 0.281. The van der Waals surface area contributed by atoms with Crippen LogP contribution in [0.4, 0.5) is 5.69 Å². The first-order valence-corrected chi connectivity index (χ1v) is 10.8. The van der Waals surface area contributed by atoms with Gasteiger partial charge in [-0.05, 0) is 42.7 Å². The molecule has 0 unspecified atom stereocenters. The van der Waals surface area contributed by atoms with E-state index in [1.807, 2.05) is 11.0 Å². The molecule has 8 heteroatoms. The Morgan fingerprint density at radius 1 is 1.07 bits per heavy atom. The van der Waals surface area contributed by atoms with Crippen LogP contribution >= 0.6 is 0 Å². The number of sulfonamides is 1. The molecular formula is C20H28N2O5S. The van der Waals surface area contributed by atoms with Gasteiger partial charge in [0.15, 0.2) is 5.75 Å². The van der Waals surface area contributed by atoms with Crippen LogP contribution in [0.5, 0.6) is 11.5 Å². The van der Waals surface area contributed by atoms with Gasteiger partial charge in [0.25, 0.3) is 0 Å². The summed E-state index contributed by atoms with van der Waals surface area (Å²) < 4.78 is 30.5. The Hall–Kier alpha value is -2.13. The maximum atomic E-state index is 12.3. The minimum atomic E-state index is -4.10. The molecule has 2 aromatic rings. The fraction of sp³-hybridized carbons (Fsp3) is 0.400. The van der Waals surface area contributed by atoms with E-state index in [4.69, 9.17) is 9.88 Å². The van der Waals surface area contributed by atoms with Gasteiger partial charge in [0.1, 0.15) is 10.6 Å². The number of nitrogens with two attached hydrogens (primary N) is 1. The van der Waals surface area contributed by atoms with Crippen molar-refractivity contribution in [3.8, 4) is 11.5 Å². The van der Waals surface area contributed by atoms with Gasteiger partial charge in [0.05, 0.1) is 12.3 Å². The van der Waals surface area contributed by atoms with E-state index in [0.29, 0.717) is 36.5 Å². The van der Waals surface area contributed by atoms with Crippen LogP contribution in [0.15, 0.2) is 47.4 Å². The van der Waals surface area contributed by atoms with Crippen molar-refractivity contribution in [2.45, 2.75) is 37.7 Å². The lowest BCUT2D eigenvalue weighted by Gasteiger charge is -2.28. The molecule has 0 aliphatic heterocycles. The van der Waals surface area contributed by atoms with Crippen molar-refractivity contribution < 1.29 is 23.4 Å². The average Bonchev–Trinajstić information content (AvgIpc) is 2.68. The molecule has 2 aromatic carbocycles. The Morgan fingerprint density at radius 3 is 2.32 bits per heavy atom. The van der Waals surface area contributed by atoms with Crippen molar-refractivity contribution in [3.63, 3.8) is 0 Å². The predicted molar refractivity (Wildman–Crippen MR) is 109 cm³/mol.